The number of thiophene rings is 1. The minimum Gasteiger partial charge on any atom is -0.459 e. The van der Waals surface area contributed by atoms with Gasteiger partial charge in [0.1, 0.15) is 0 Å². The summed E-state index contributed by atoms with van der Waals surface area (Å²) in [6, 6.07) is 6.20. The van der Waals surface area contributed by atoms with E-state index in [0.29, 0.717) is 11.8 Å². The van der Waals surface area contributed by atoms with Gasteiger partial charge in [-0.3, -0.25) is 9.69 Å². The Bertz CT molecular complexity index is 706. The molecule has 0 aliphatic carbocycles. The quantitative estimate of drug-likeness (QED) is 0.844. The standard InChI is InChI=1S/C20H27N3O2S/c24-20(19-6-4-10-25-19)23-9-3-5-17(14-23)21-12-18-11-16(15-26-18)13-22-7-1-2-8-22/h4,6,10-11,15,17,21H,1-3,5,7-9,12-14H2. The number of nitrogens with one attached hydrogen (secondary N) is 1. The maximum Gasteiger partial charge on any atom is 0.289 e. The number of carbonyl (C=O) groups excluding carboxylic acids is 1. The van der Waals surface area contributed by atoms with Crippen LogP contribution in [0.25, 0.3) is 0 Å². The Morgan fingerprint density at radius 3 is 2.96 bits per heavy atom. The van der Waals surface area contributed by atoms with Crippen molar-refractivity contribution in [1.29, 1.82) is 0 Å². The largest absolute Gasteiger partial charge is 0.459 e. The molecular formula is C20H27N3O2S. The van der Waals surface area contributed by atoms with Crippen molar-refractivity contribution < 1.29 is 9.21 Å². The lowest BCUT2D eigenvalue weighted by atomic mass is 10.1. The third-order valence-corrected chi connectivity index (χ3v) is 6.30. The second-order valence-corrected chi connectivity index (χ2v) is 8.35. The Morgan fingerprint density at radius 1 is 1.27 bits per heavy atom. The number of hydrogen-bond donors (Lipinski definition) is 1. The van der Waals surface area contributed by atoms with Gasteiger partial charge >= 0.3 is 0 Å². The number of piperidine rings is 1. The molecule has 1 amide bonds. The van der Waals surface area contributed by atoms with Crippen LogP contribution in [0.2, 0.25) is 0 Å². The summed E-state index contributed by atoms with van der Waals surface area (Å²) in [5.41, 5.74) is 1.44. The van der Waals surface area contributed by atoms with Crippen molar-refractivity contribution >= 4 is 17.2 Å². The first-order chi connectivity index (χ1) is 12.8. The fourth-order valence-corrected chi connectivity index (χ4v) is 4.76. The van der Waals surface area contributed by atoms with Crippen molar-refractivity contribution in [1.82, 2.24) is 15.1 Å². The summed E-state index contributed by atoms with van der Waals surface area (Å²) in [5, 5.41) is 5.94. The van der Waals surface area contributed by atoms with Crippen molar-refractivity contribution in [3.63, 3.8) is 0 Å². The van der Waals surface area contributed by atoms with Crippen LogP contribution in [0.5, 0.6) is 0 Å². The van der Waals surface area contributed by atoms with E-state index in [-0.39, 0.29) is 5.91 Å². The molecule has 2 saturated heterocycles. The molecule has 2 aromatic rings. The van der Waals surface area contributed by atoms with Crippen molar-refractivity contribution in [2.75, 3.05) is 26.2 Å². The summed E-state index contributed by atoms with van der Waals surface area (Å²) >= 11 is 1.84. The Hall–Kier alpha value is -1.63. The Labute approximate surface area is 159 Å². The first kappa shape index (κ1) is 17.8. The van der Waals surface area contributed by atoms with Gasteiger partial charge in [0.15, 0.2) is 5.76 Å². The smallest absolute Gasteiger partial charge is 0.289 e. The predicted octanol–water partition coefficient (Wildman–Crippen LogP) is 3.33. The van der Waals surface area contributed by atoms with E-state index in [1.807, 2.05) is 16.2 Å². The molecule has 0 bridgehead atoms. The zero-order chi connectivity index (χ0) is 17.8. The van der Waals surface area contributed by atoms with E-state index >= 15 is 0 Å². The van der Waals surface area contributed by atoms with Gasteiger partial charge in [0.05, 0.1) is 6.26 Å². The van der Waals surface area contributed by atoms with Gasteiger partial charge in [-0.25, -0.2) is 0 Å². The predicted molar refractivity (Wildman–Crippen MR) is 103 cm³/mol. The summed E-state index contributed by atoms with van der Waals surface area (Å²) < 4.78 is 5.26. The lowest BCUT2D eigenvalue weighted by Crippen LogP contribution is -2.47. The van der Waals surface area contributed by atoms with Crippen LogP contribution < -0.4 is 5.32 Å². The fourth-order valence-electron chi connectivity index (χ4n) is 3.93. The Balaban J connectivity index is 1.26. The van der Waals surface area contributed by atoms with E-state index in [1.165, 1.54) is 36.4 Å². The van der Waals surface area contributed by atoms with Crippen LogP contribution in [0.4, 0.5) is 0 Å². The van der Waals surface area contributed by atoms with Crippen LogP contribution >= 0.6 is 11.3 Å². The van der Waals surface area contributed by atoms with E-state index in [2.05, 4.69) is 21.7 Å². The molecular weight excluding hydrogens is 346 g/mol. The molecule has 0 spiro atoms. The molecule has 2 fully saturated rings. The summed E-state index contributed by atoms with van der Waals surface area (Å²) in [5.74, 6) is 0.445. The zero-order valence-electron chi connectivity index (χ0n) is 15.2. The van der Waals surface area contributed by atoms with Crippen molar-refractivity contribution in [2.45, 2.75) is 44.8 Å². The second kappa shape index (κ2) is 8.37. The Morgan fingerprint density at radius 2 is 2.15 bits per heavy atom. The fraction of sp³-hybridized carbons (Fsp3) is 0.550. The highest BCUT2D eigenvalue weighted by molar-refractivity contribution is 7.10. The number of carbonyl (C=O) groups is 1. The molecule has 2 aromatic heterocycles. The molecule has 1 N–H and O–H groups in total. The first-order valence-corrected chi connectivity index (χ1v) is 10.5. The number of amides is 1. The van der Waals surface area contributed by atoms with Gasteiger partial charge in [0, 0.05) is 37.1 Å². The van der Waals surface area contributed by atoms with Crippen LogP contribution in [-0.4, -0.2) is 47.9 Å². The molecule has 5 nitrogen and oxygen atoms in total. The molecule has 140 valence electrons. The van der Waals surface area contributed by atoms with Gasteiger partial charge in [-0.15, -0.1) is 11.3 Å². The number of hydrogen-bond acceptors (Lipinski definition) is 5. The van der Waals surface area contributed by atoms with Gasteiger partial charge in [0.2, 0.25) is 0 Å². The summed E-state index contributed by atoms with van der Waals surface area (Å²) in [4.78, 5) is 18.3. The average Bonchev–Trinajstić information content (AvgIpc) is 3.43. The van der Waals surface area contributed by atoms with E-state index in [9.17, 15) is 4.79 Å². The first-order valence-electron chi connectivity index (χ1n) is 9.63. The van der Waals surface area contributed by atoms with E-state index in [4.69, 9.17) is 4.42 Å². The highest BCUT2D eigenvalue weighted by Gasteiger charge is 2.25. The molecule has 4 rings (SSSR count). The third-order valence-electron chi connectivity index (χ3n) is 5.32. The van der Waals surface area contributed by atoms with Crippen LogP contribution in [0, 0.1) is 0 Å². The molecule has 4 heterocycles. The topological polar surface area (TPSA) is 48.7 Å². The molecule has 2 aliphatic heterocycles. The van der Waals surface area contributed by atoms with Crippen LogP contribution in [0.3, 0.4) is 0 Å². The second-order valence-electron chi connectivity index (χ2n) is 7.35. The number of likely N-dealkylation sites (tertiary alicyclic amines) is 2. The normalized spacial score (nSPS) is 21.4. The number of furan rings is 1. The Kier molecular flexibility index (Phi) is 5.72. The monoisotopic (exact) mass is 373 g/mol. The highest BCUT2D eigenvalue weighted by Crippen LogP contribution is 2.20. The lowest BCUT2D eigenvalue weighted by molar-refractivity contribution is 0.0662. The van der Waals surface area contributed by atoms with Gasteiger partial charge in [-0.2, -0.15) is 0 Å². The highest BCUT2D eigenvalue weighted by atomic mass is 32.1. The molecule has 0 radical (unpaired) electrons. The lowest BCUT2D eigenvalue weighted by Gasteiger charge is -2.32. The van der Waals surface area contributed by atoms with Crippen LogP contribution in [0.1, 0.15) is 46.7 Å². The van der Waals surface area contributed by atoms with Gasteiger partial charge in [-0.1, -0.05) is 0 Å². The molecule has 6 heteroatoms. The molecule has 26 heavy (non-hydrogen) atoms. The summed E-state index contributed by atoms with van der Waals surface area (Å²) in [7, 11) is 0. The van der Waals surface area contributed by atoms with E-state index < -0.39 is 0 Å². The molecule has 0 saturated carbocycles. The SMILES string of the molecule is O=C(c1ccco1)N1CCCC(NCc2cc(CN3CCCC3)cs2)C1. The molecule has 0 aromatic carbocycles. The van der Waals surface area contributed by atoms with Crippen molar-refractivity contribution in [2.24, 2.45) is 0 Å². The molecule has 1 unspecified atom stereocenters. The minimum atomic E-state index is 0.00511. The third kappa shape index (κ3) is 4.37. The van der Waals surface area contributed by atoms with Crippen molar-refractivity contribution in [3.05, 3.63) is 46.0 Å². The van der Waals surface area contributed by atoms with Crippen molar-refractivity contribution in [3.8, 4) is 0 Å². The average molecular weight is 374 g/mol. The molecule has 1 atom stereocenters. The van der Waals surface area contributed by atoms with Crippen LogP contribution in [0.15, 0.2) is 34.3 Å². The summed E-state index contributed by atoms with van der Waals surface area (Å²) in [6.45, 7) is 6.03. The maximum absolute atomic E-state index is 12.5. The van der Waals surface area contributed by atoms with Gasteiger partial charge in [-0.05, 0) is 67.9 Å². The van der Waals surface area contributed by atoms with Gasteiger partial charge in [0.25, 0.3) is 5.91 Å². The van der Waals surface area contributed by atoms with Crippen LogP contribution in [-0.2, 0) is 13.1 Å². The van der Waals surface area contributed by atoms with E-state index in [1.54, 1.807) is 18.4 Å². The number of rotatable bonds is 6. The molecule has 2 aliphatic rings. The number of nitrogens with zero attached hydrogens (tertiary/aromatic N) is 2. The van der Waals surface area contributed by atoms with Gasteiger partial charge < -0.3 is 14.6 Å². The minimum absolute atomic E-state index is 0.00511. The maximum atomic E-state index is 12.5. The van der Waals surface area contributed by atoms with E-state index in [0.717, 1.165) is 39.0 Å². The summed E-state index contributed by atoms with van der Waals surface area (Å²) in [6.07, 6.45) is 6.40. The zero-order valence-corrected chi connectivity index (χ0v) is 16.0.